The molecule has 5 nitrogen and oxygen atoms in total. The van der Waals surface area contributed by atoms with Crippen molar-refractivity contribution >= 4 is 45.0 Å². The molecule has 0 atom stereocenters. The highest BCUT2D eigenvalue weighted by molar-refractivity contribution is 9.10. The van der Waals surface area contributed by atoms with Crippen LogP contribution < -0.4 is 0 Å². The van der Waals surface area contributed by atoms with Gasteiger partial charge in [-0.15, -0.1) is 0 Å². The molecule has 8 heteroatoms. The second-order valence-electron chi connectivity index (χ2n) is 6.82. The average Bonchev–Trinajstić information content (AvgIpc) is 2.90. The molecule has 1 fully saturated rings. The minimum atomic E-state index is 0.175. The molecule has 1 amide bonds. The van der Waals surface area contributed by atoms with Crippen molar-refractivity contribution in [1.82, 2.24) is 19.6 Å². The first-order valence-electron chi connectivity index (χ1n) is 8.99. The van der Waals surface area contributed by atoms with Crippen LogP contribution in [0.3, 0.4) is 0 Å². The van der Waals surface area contributed by atoms with Crippen molar-refractivity contribution in [2.24, 2.45) is 0 Å². The molecule has 0 saturated carbocycles. The van der Waals surface area contributed by atoms with Gasteiger partial charge in [0.1, 0.15) is 0 Å². The second-order valence-corrected chi connectivity index (χ2v) is 8.42. The van der Waals surface area contributed by atoms with Gasteiger partial charge in [0.05, 0.1) is 16.7 Å². The molecule has 2 aromatic rings. The zero-order chi connectivity index (χ0) is 19.6. The lowest BCUT2D eigenvalue weighted by Crippen LogP contribution is -2.48. The van der Waals surface area contributed by atoms with Crippen molar-refractivity contribution in [1.29, 1.82) is 0 Å². The summed E-state index contributed by atoms with van der Waals surface area (Å²) in [5.74, 6) is 0.175. The average molecular weight is 474 g/mol. The van der Waals surface area contributed by atoms with E-state index in [0.717, 1.165) is 47.6 Å². The number of rotatable bonds is 5. The van der Waals surface area contributed by atoms with Crippen LogP contribution in [0.25, 0.3) is 0 Å². The predicted molar refractivity (Wildman–Crippen MR) is 112 cm³/mol. The molecule has 27 heavy (non-hydrogen) atoms. The second kappa shape index (κ2) is 8.95. The van der Waals surface area contributed by atoms with Crippen molar-refractivity contribution in [3.05, 3.63) is 49.7 Å². The molecule has 3 rings (SSSR count). The molecular formula is C19H23BrCl2N4O. The molecule has 0 N–H and O–H groups in total. The third-order valence-corrected chi connectivity index (χ3v) is 6.85. The molecule has 1 aliphatic rings. The Morgan fingerprint density at radius 2 is 1.78 bits per heavy atom. The summed E-state index contributed by atoms with van der Waals surface area (Å²) in [5, 5.41) is 5.85. The van der Waals surface area contributed by atoms with E-state index in [9.17, 15) is 4.79 Å². The minimum absolute atomic E-state index is 0.175. The van der Waals surface area contributed by atoms with Gasteiger partial charge in [-0.05, 0) is 41.9 Å². The number of aromatic nitrogens is 2. The van der Waals surface area contributed by atoms with Crippen LogP contribution in [0, 0.1) is 13.8 Å². The fraction of sp³-hybridized carbons (Fsp3) is 0.474. The number of carbonyl (C=O) groups excluding carboxylic acids is 1. The quantitative estimate of drug-likeness (QED) is 0.649. The normalized spacial score (nSPS) is 15.4. The number of hydrogen-bond donors (Lipinski definition) is 0. The third kappa shape index (κ3) is 4.86. The Hall–Kier alpha value is -1.08. The van der Waals surface area contributed by atoms with E-state index < -0.39 is 0 Å². The number of aryl methyl sites for hydroxylation is 2. The Labute approximate surface area is 178 Å². The third-order valence-electron chi connectivity index (χ3n) is 5.00. The molecule has 1 saturated heterocycles. The van der Waals surface area contributed by atoms with Crippen LogP contribution in [-0.4, -0.2) is 51.7 Å². The van der Waals surface area contributed by atoms with Gasteiger partial charge in [-0.25, -0.2) is 0 Å². The van der Waals surface area contributed by atoms with E-state index in [4.69, 9.17) is 23.2 Å². The zero-order valence-corrected chi connectivity index (χ0v) is 18.6. The number of benzene rings is 1. The first kappa shape index (κ1) is 20.6. The Morgan fingerprint density at radius 3 is 2.33 bits per heavy atom. The van der Waals surface area contributed by atoms with Crippen LogP contribution in [-0.2, 0) is 17.9 Å². The molecule has 0 radical (unpaired) electrons. The molecule has 1 aliphatic heterocycles. The van der Waals surface area contributed by atoms with E-state index in [0.29, 0.717) is 29.6 Å². The number of piperazine rings is 1. The summed E-state index contributed by atoms with van der Waals surface area (Å²) in [5.41, 5.74) is 2.96. The summed E-state index contributed by atoms with van der Waals surface area (Å²) in [4.78, 5) is 16.8. The van der Waals surface area contributed by atoms with E-state index in [1.165, 1.54) is 0 Å². The first-order valence-corrected chi connectivity index (χ1v) is 10.5. The van der Waals surface area contributed by atoms with Crippen LogP contribution in [0.2, 0.25) is 10.0 Å². The van der Waals surface area contributed by atoms with Crippen LogP contribution >= 0.6 is 39.1 Å². The van der Waals surface area contributed by atoms with Gasteiger partial charge in [0.15, 0.2) is 0 Å². The fourth-order valence-corrected chi connectivity index (χ4v) is 4.12. The highest BCUT2D eigenvalue weighted by Gasteiger charge is 2.22. The summed E-state index contributed by atoms with van der Waals surface area (Å²) in [6.07, 6.45) is 0.463. The fourth-order valence-electron chi connectivity index (χ4n) is 3.31. The monoisotopic (exact) mass is 472 g/mol. The van der Waals surface area contributed by atoms with Gasteiger partial charge >= 0.3 is 0 Å². The van der Waals surface area contributed by atoms with Gasteiger partial charge in [-0.2, -0.15) is 5.10 Å². The van der Waals surface area contributed by atoms with Gasteiger partial charge in [-0.1, -0.05) is 29.3 Å². The van der Waals surface area contributed by atoms with Gasteiger partial charge in [0.2, 0.25) is 5.91 Å². The van der Waals surface area contributed by atoms with Crippen LogP contribution in [0.4, 0.5) is 0 Å². The van der Waals surface area contributed by atoms with Crippen molar-refractivity contribution in [2.75, 3.05) is 26.2 Å². The predicted octanol–water partition coefficient (Wildman–Crippen LogP) is 4.30. The lowest BCUT2D eigenvalue weighted by Gasteiger charge is -2.35. The molecule has 0 unspecified atom stereocenters. The summed E-state index contributed by atoms with van der Waals surface area (Å²) >= 11 is 16.1. The van der Waals surface area contributed by atoms with E-state index in [1.54, 1.807) is 0 Å². The highest BCUT2D eigenvalue weighted by atomic mass is 79.9. The van der Waals surface area contributed by atoms with Crippen LogP contribution in [0.1, 0.15) is 23.4 Å². The SMILES string of the molecule is Cc1nn(CCC(=O)N2CCN(Cc3c(Cl)cccc3Cl)CC2)c(C)c1Br. The summed E-state index contributed by atoms with van der Waals surface area (Å²) < 4.78 is 2.91. The largest absolute Gasteiger partial charge is 0.340 e. The maximum atomic E-state index is 12.6. The zero-order valence-electron chi connectivity index (χ0n) is 15.5. The lowest BCUT2D eigenvalue weighted by molar-refractivity contribution is -0.133. The van der Waals surface area contributed by atoms with Crippen molar-refractivity contribution in [2.45, 2.75) is 33.4 Å². The van der Waals surface area contributed by atoms with Gasteiger partial charge in [-0.3, -0.25) is 14.4 Å². The first-order chi connectivity index (χ1) is 12.9. The van der Waals surface area contributed by atoms with E-state index in [-0.39, 0.29) is 5.91 Å². The molecule has 1 aromatic carbocycles. The van der Waals surface area contributed by atoms with E-state index in [1.807, 2.05) is 41.6 Å². The summed E-state index contributed by atoms with van der Waals surface area (Å²) in [6.45, 7) is 8.36. The number of amides is 1. The summed E-state index contributed by atoms with van der Waals surface area (Å²) in [6, 6.07) is 5.58. The van der Waals surface area contributed by atoms with Crippen molar-refractivity contribution in [3.8, 4) is 0 Å². The number of carbonyl (C=O) groups is 1. The molecule has 0 spiro atoms. The van der Waals surface area contributed by atoms with E-state index in [2.05, 4.69) is 25.9 Å². The number of hydrogen-bond acceptors (Lipinski definition) is 3. The molecule has 146 valence electrons. The molecule has 0 aliphatic carbocycles. The lowest BCUT2D eigenvalue weighted by atomic mass is 10.2. The maximum absolute atomic E-state index is 12.6. The van der Waals surface area contributed by atoms with E-state index >= 15 is 0 Å². The van der Waals surface area contributed by atoms with Gasteiger partial charge in [0.25, 0.3) is 0 Å². The number of nitrogens with zero attached hydrogens (tertiary/aromatic N) is 4. The topological polar surface area (TPSA) is 41.4 Å². The van der Waals surface area contributed by atoms with Crippen LogP contribution in [0.5, 0.6) is 0 Å². The highest BCUT2D eigenvalue weighted by Crippen LogP contribution is 2.26. The van der Waals surface area contributed by atoms with Crippen molar-refractivity contribution < 1.29 is 4.79 Å². The smallest absolute Gasteiger partial charge is 0.224 e. The Morgan fingerprint density at radius 1 is 1.15 bits per heavy atom. The Bertz CT molecular complexity index is 811. The standard InChI is InChI=1S/C19H23BrCl2N4O/c1-13-19(20)14(2)26(23-13)7-6-18(27)25-10-8-24(9-11-25)12-15-16(21)4-3-5-17(15)22/h3-5H,6-12H2,1-2H3. The molecule has 1 aromatic heterocycles. The molecular weight excluding hydrogens is 451 g/mol. The van der Waals surface area contributed by atoms with Gasteiger partial charge in [0, 0.05) is 60.4 Å². The van der Waals surface area contributed by atoms with Gasteiger partial charge < -0.3 is 4.90 Å². The molecule has 2 heterocycles. The Kier molecular flexibility index (Phi) is 6.84. The Balaban J connectivity index is 1.50. The van der Waals surface area contributed by atoms with Crippen molar-refractivity contribution in [3.63, 3.8) is 0 Å². The van der Waals surface area contributed by atoms with Crippen LogP contribution in [0.15, 0.2) is 22.7 Å². The minimum Gasteiger partial charge on any atom is -0.340 e. The number of halogens is 3. The summed E-state index contributed by atoms with van der Waals surface area (Å²) in [7, 11) is 0. The maximum Gasteiger partial charge on any atom is 0.224 e. The molecule has 0 bridgehead atoms.